The van der Waals surface area contributed by atoms with Gasteiger partial charge in [0, 0.05) is 19.1 Å². The van der Waals surface area contributed by atoms with E-state index in [1.807, 2.05) is 6.07 Å². The quantitative estimate of drug-likeness (QED) is 0.897. The van der Waals surface area contributed by atoms with Gasteiger partial charge in [-0.25, -0.2) is 0 Å². The number of nitrogens with zero attached hydrogens (tertiary/aromatic N) is 2. The van der Waals surface area contributed by atoms with Gasteiger partial charge in [0.1, 0.15) is 6.04 Å². The van der Waals surface area contributed by atoms with Crippen LogP contribution in [-0.2, 0) is 17.8 Å². The van der Waals surface area contributed by atoms with E-state index < -0.39 is 5.97 Å². The van der Waals surface area contributed by atoms with E-state index in [1.165, 1.54) is 24.1 Å². The molecule has 3 aliphatic rings. The first-order valence-corrected chi connectivity index (χ1v) is 8.00. The van der Waals surface area contributed by atoms with Crippen LogP contribution in [0.15, 0.2) is 24.3 Å². The first kappa shape index (κ1) is 13.3. The second-order valence-electron chi connectivity index (χ2n) is 6.70. The summed E-state index contributed by atoms with van der Waals surface area (Å²) in [6, 6.07) is 8.42. The van der Waals surface area contributed by atoms with Crippen molar-refractivity contribution in [2.24, 2.45) is 5.92 Å². The maximum absolute atomic E-state index is 11.8. The minimum atomic E-state index is -0.662. The van der Waals surface area contributed by atoms with Crippen molar-refractivity contribution in [3.05, 3.63) is 35.4 Å². The Morgan fingerprint density at radius 2 is 1.90 bits per heavy atom. The fourth-order valence-corrected chi connectivity index (χ4v) is 4.49. The Labute approximate surface area is 125 Å². The van der Waals surface area contributed by atoms with Gasteiger partial charge in [-0.3, -0.25) is 9.69 Å². The molecule has 0 aliphatic carbocycles. The highest BCUT2D eigenvalue weighted by Gasteiger charge is 2.43. The molecule has 4 heteroatoms. The van der Waals surface area contributed by atoms with Crippen molar-refractivity contribution in [1.29, 1.82) is 0 Å². The lowest BCUT2D eigenvalue weighted by Gasteiger charge is -2.44. The first-order chi connectivity index (χ1) is 10.2. The van der Waals surface area contributed by atoms with Crippen molar-refractivity contribution in [2.45, 2.75) is 37.9 Å². The predicted molar refractivity (Wildman–Crippen MR) is 80.1 cm³/mol. The number of fused-ring (bicyclic) bond motifs is 3. The average molecular weight is 286 g/mol. The fraction of sp³-hybridized carbons (Fsp3) is 0.588. The largest absolute Gasteiger partial charge is 0.480 e. The van der Waals surface area contributed by atoms with Crippen LogP contribution in [-0.4, -0.2) is 52.6 Å². The molecule has 0 spiro atoms. The number of carboxylic acids is 1. The zero-order chi connectivity index (χ0) is 14.4. The third-order valence-corrected chi connectivity index (χ3v) is 5.59. The van der Waals surface area contributed by atoms with E-state index in [2.05, 4.69) is 28.0 Å². The Morgan fingerprint density at radius 1 is 1.14 bits per heavy atom. The third kappa shape index (κ3) is 2.27. The highest BCUT2D eigenvalue weighted by Crippen LogP contribution is 2.35. The van der Waals surface area contributed by atoms with Crippen LogP contribution in [0.25, 0.3) is 0 Å². The van der Waals surface area contributed by atoms with Gasteiger partial charge >= 0.3 is 5.97 Å². The van der Waals surface area contributed by atoms with Gasteiger partial charge in [0.25, 0.3) is 0 Å². The summed E-state index contributed by atoms with van der Waals surface area (Å²) in [6.45, 7) is 4.29. The molecule has 0 aromatic heterocycles. The lowest BCUT2D eigenvalue weighted by Crippen LogP contribution is -2.55. The van der Waals surface area contributed by atoms with Gasteiger partial charge in [-0.05, 0) is 49.4 Å². The second kappa shape index (κ2) is 5.11. The number of rotatable bonds is 2. The number of hydrogen-bond donors (Lipinski definition) is 1. The topological polar surface area (TPSA) is 43.8 Å². The molecular weight excluding hydrogens is 264 g/mol. The number of benzene rings is 1. The van der Waals surface area contributed by atoms with Crippen LogP contribution < -0.4 is 0 Å². The highest BCUT2D eigenvalue weighted by atomic mass is 16.4. The molecule has 1 N–H and O–H groups in total. The van der Waals surface area contributed by atoms with Crippen molar-refractivity contribution in [3.8, 4) is 0 Å². The van der Waals surface area contributed by atoms with Gasteiger partial charge in [0.05, 0.1) is 0 Å². The van der Waals surface area contributed by atoms with E-state index >= 15 is 0 Å². The summed E-state index contributed by atoms with van der Waals surface area (Å²) in [5.41, 5.74) is 2.53. The molecule has 2 fully saturated rings. The van der Waals surface area contributed by atoms with E-state index in [4.69, 9.17) is 0 Å². The van der Waals surface area contributed by atoms with Gasteiger partial charge in [-0.15, -0.1) is 0 Å². The third-order valence-electron chi connectivity index (χ3n) is 5.59. The predicted octanol–water partition coefficient (Wildman–Crippen LogP) is 1.59. The summed E-state index contributed by atoms with van der Waals surface area (Å²) >= 11 is 0. The SMILES string of the molecule is O=C(O)C1Cc2ccccc2CN1C1CCN2CCC1C2. The summed E-state index contributed by atoms with van der Waals surface area (Å²) in [4.78, 5) is 16.6. The molecule has 0 saturated carbocycles. The zero-order valence-electron chi connectivity index (χ0n) is 12.2. The van der Waals surface area contributed by atoms with Gasteiger partial charge in [0.15, 0.2) is 0 Å². The number of carbonyl (C=O) groups is 1. The van der Waals surface area contributed by atoms with E-state index in [0.717, 1.165) is 26.1 Å². The van der Waals surface area contributed by atoms with Crippen LogP contribution in [0.3, 0.4) is 0 Å². The molecule has 4 unspecified atom stereocenters. The van der Waals surface area contributed by atoms with Crippen molar-refractivity contribution in [3.63, 3.8) is 0 Å². The number of hydrogen-bond acceptors (Lipinski definition) is 3. The molecule has 21 heavy (non-hydrogen) atoms. The molecule has 0 amide bonds. The Bertz CT molecular complexity index is 559. The Hall–Kier alpha value is -1.39. The molecule has 3 aliphatic heterocycles. The molecule has 1 aromatic rings. The summed E-state index contributed by atoms with van der Waals surface area (Å²) < 4.78 is 0. The standard InChI is InChI=1S/C17H22N2O2/c20-17(21)16-9-12-3-1-2-4-13(12)11-19(16)15-6-8-18-7-5-14(15)10-18/h1-4,14-16H,5-11H2,(H,20,21). The number of carboxylic acid groups (broad SMARTS) is 1. The van der Waals surface area contributed by atoms with E-state index in [1.54, 1.807) is 0 Å². The number of aliphatic carboxylic acids is 1. The Balaban J connectivity index is 1.64. The highest BCUT2D eigenvalue weighted by molar-refractivity contribution is 5.74. The monoisotopic (exact) mass is 286 g/mol. The smallest absolute Gasteiger partial charge is 0.321 e. The van der Waals surface area contributed by atoms with Crippen molar-refractivity contribution in [2.75, 3.05) is 19.6 Å². The molecule has 1 aromatic carbocycles. The van der Waals surface area contributed by atoms with E-state index in [0.29, 0.717) is 18.4 Å². The normalized spacial score (nSPS) is 35.4. The van der Waals surface area contributed by atoms with Crippen molar-refractivity contribution >= 4 is 5.97 Å². The van der Waals surface area contributed by atoms with Crippen LogP contribution in [0.5, 0.6) is 0 Å². The van der Waals surface area contributed by atoms with Crippen molar-refractivity contribution in [1.82, 2.24) is 9.80 Å². The molecule has 4 atom stereocenters. The summed E-state index contributed by atoms with van der Waals surface area (Å²) in [6.07, 6.45) is 3.00. The maximum atomic E-state index is 11.8. The maximum Gasteiger partial charge on any atom is 0.321 e. The van der Waals surface area contributed by atoms with Crippen molar-refractivity contribution < 1.29 is 9.90 Å². The van der Waals surface area contributed by atoms with Gasteiger partial charge in [-0.1, -0.05) is 24.3 Å². The van der Waals surface area contributed by atoms with E-state index in [9.17, 15) is 9.90 Å². The molecule has 3 heterocycles. The van der Waals surface area contributed by atoms with Crippen LogP contribution >= 0.6 is 0 Å². The first-order valence-electron chi connectivity index (χ1n) is 8.00. The van der Waals surface area contributed by atoms with Gasteiger partial charge in [0.2, 0.25) is 0 Å². The van der Waals surface area contributed by atoms with Crippen LogP contribution in [0, 0.1) is 5.92 Å². The minimum Gasteiger partial charge on any atom is -0.480 e. The molecular formula is C17H22N2O2. The number of piperidine rings is 1. The molecule has 2 saturated heterocycles. The average Bonchev–Trinajstić information content (AvgIpc) is 2.87. The van der Waals surface area contributed by atoms with Crippen LogP contribution in [0.1, 0.15) is 24.0 Å². The summed E-state index contributed by atoms with van der Waals surface area (Å²) in [5, 5.41) is 9.68. The molecule has 4 rings (SSSR count). The summed E-state index contributed by atoms with van der Waals surface area (Å²) in [7, 11) is 0. The van der Waals surface area contributed by atoms with Crippen LogP contribution in [0.2, 0.25) is 0 Å². The summed E-state index contributed by atoms with van der Waals surface area (Å²) in [5.74, 6) is -0.00390. The van der Waals surface area contributed by atoms with E-state index in [-0.39, 0.29) is 6.04 Å². The molecule has 2 bridgehead atoms. The fourth-order valence-electron chi connectivity index (χ4n) is 4.49. The Kier molecular flexibility index (Phi) is 3.23. The van der Waals surface area contributed by atoms with Crippen LogP contribution in [0.4, 0.5) is 0 Å². The Morgan fingerprint density at radius 3 is 2.71 bits per heavy atom. The second-order valence-corrected chi connectivity index (χ2v) is 6.70. The minimum absolute atomic E-state index is 0.350. The van der Waals surface area contributed by atoms with Gasteiger partial charge in [-0.2, -0.15) is 0 Å². The molecule has 112 valence electrons. The lowest BCUT2D eigenvalue weighted by atomic mass is 9.86. The lowest BCUT2D eigenvalue weighted by molar-refractivity contribution is -0.146. The zero-order valence-corrected chi connectivity index (χ0v) is 12.2. The van der Waals surface area contributed by atoms with Gasteiger partial charge < -0.3 is 10.0 Å². The molecule has 0 radical (unpaired) electrons. The molecule has 4 nitrogen and oxygen atoms in total.